The second-order valence-electron chi connectivity index (χ2n) is 6.84. The molecule has 0 radical (unpaired) electrons. The van der Waals surface area contributed by atoms with E-state index in [0.29, 0.717) is 22.8 Å². The van der Waals surface area contributed by atoms with Gasteiger partial charge in [-0.25, -0.2) is 5.43 Å². The van der Waals surface area contributed by atoms with E-state index < -0.39 is 0 Å². The van der Waals surface area contributed by atoms with Crippen molar-refractivity contribution in [2.45, 2.75) is 46.1 Å². The van der Waals surface area contributed by atoms with Gasteiger partial charge in [0.05, 0.1) is 5.71 Å². The van der Waals surface area contributed by atoms with Crippen molar-refractivity contribution in [3.05, 3.63) is 57.5 Å². The highest BCUT2D eigenvalue weighted by atomic mass is 35.5. The lowest BCUT2D eigenvalue weighted by atomic mass is 9.93. The van der Waals surface area contributed by atoms with Crippen LogP contribution in [0.4, 0.5) is 0 Å². The molecule has 2 N–H and O–H groups in total. The Morgan fingerprint density at radius 2 is 1.85 bits per heavy atom. The smallest absolute Gasteiger partial charge is 0.287 e. The maximum absolute atomic E-state index is 12.4. The van der Waals surface area contributed by atoms with E-state index in [1.165, 1.54) is 0 Å². The van der Waals surface area contributed by atoms with Crippen LogP contribution in [0.5, 0.6) is 0 Å². The normalized spacial score (nSPS) is 14.9. The Hall–Kier alpha value is -2.60. The van der Waals surface area contributed by atoms with Gasteiger partial charge in [0.15, 0.2) is 5.76 Å². The first-order valence-corrected chi connectivity index (χ1v) is 9.30. The minimum atomic E-state index is -0.315. The Morgan fingerprint density at radius 3 is 2.52 bits per heavy atom. The molecule has 7 heteroatoms. The van der Waals surface area contributed by atoms with Crippen LogP contribution in [0.15, 0.2) is 33.8 Å². The first-order chi connectivity index (χ1) is 12.9. The van der Waals surface area contributed by atoms with Crippen LogP contribution in [0.25, 0.3) is 0 Å². The summed E-state index contributed by atoms with van der Waals surface area (Å²) in [5, 5.41) is 7.72. The zero-order valence-electron chi connectivity index (χ0n) is 15.6. The van der Waals surface area contributed by atoms with Gasteiger partial charge in [-0.2, -0.15) is 5.10 Å². The summed E-state index contributed by atoms with van der Waals surface area (Å²) in [4.78, 5) is 24.6. The van der Waals surface area contributed by atoms with E-state index in [1.807, 2.05) is 20.8 Å². The Labute approximate surface area is 163 Å². The number of aryl methyl sites for hydroxylation is 1. The molecule has 1 aromatic heterocycles. The minimum absolute atomic E-state index is 0.0193. The van der Waals surface area contributed by atoms with E-state index in [-0.39, 0.29) is 17.9 Å². The maximum Gasteiger partial charge on any atom is 0.287 e. The standard InChI is InChI=1S/C20H22ClN3O3/c1-11(2)22-20(26)18-12(3)17-15(5-4-6-16(17)27-18)23-24-19(25)13-7-9-14(21)10-8-13/h7-11H,4-6H2,1-3H3,(H,22,26)(H,24,25)/b23-15+. The van der Waals surface area contributed by atoms with Gasteiger partial charge in [-0.05, 0) is 57.9 Å². The summed E-state index contributed by atoms with van der Waals surface area (Å²) in [6.07, 6.45) is 2.30. The topological polar surface area (TPSA) is 83.7 Å². The highest BCUT2D eigenvalue weighted by Gasteiger charge is 2.28. The fourth-order valence-electron chi connectivity index (χ4n) is 3.11. The van der Waals surface area contributed by atoms with E-state index >= 15 is 0 Å². The number of amides is 2. The van der Waals surface area contributed by atoms with Gasteiger partial charge in [-0.3, -0.25) is 9.59 Å². The Balaban J connectivity index is 1.84. The predicted octanol–water partition coefficient (Wildman–Crippen LogP) is 3.85. The third-order valence-corrected chi connectivity index (χ3v) is 4.60. The number of rotatable bonds is 4. The van der Waals surface area contributed by atoms with Crippen LogP contribution in [0.3, 0.4) is 0 Å². The summed E-state index contributed by atoms with van der Waals surface area (Å²) in [5.41, 5.74) is 5.37. The SMILES string of the molecule is Cc1c(C(=O)NC(C)C)oc2c1/C(=N/NC(=O)c1ccc(Cl)cc1)CCC2. The molecule has 0 unspecified atom stereocenters. The van der Waals surface area contributed by atoms with E-state index in [2.05, 4.69) is 15.8 Å². The molecule has 0 fully saturated rings. The van der Waals surface area contributed by atoms with Crippen LogP contribution in [0, 0.1) is 6.92 Å². The second kappa shape index (κ2) is 7.96. The lowest BCUT2D eigenvalue weighted by Gasteiger charge is -2.13. The van der Waals surface area contributed by atoms with E-state index in [9.17, 15) is 9.59 Å². The van der Waals surface area contributed by atoms with Gasteiger partial charge < -0.3 is 9.73 Å². The monoisotopic (exact) mass is 387 g/mol. The lowest BCUT2D eigenvalue weighted by Crippen LogP contribution is -2.30. The molecular formula is C20H22ClN3O3. The zero-order chi connectivity index (χ0) is 19.6. The van der Waals surface area contributed by atoms with Gasteiger partial charge in [0.25, 0.3) is 11.8 Å². The van der Waals surface area contributed by atoms with Crippen LogP contribution in [-0.2, 0) is 6.42 Å². The molecule has 0 saturated carbocycles. The second-order valence-corrected chi connectivity index (χ2v) is 7.28. The van der Waals surface area contributed by atoms with Gasteiger partial charge in [-0.15, -0.1) is 0 Å². The van der Waals surface area contributed by atoms with Gasteiger partial charge in [0.2, 0.25) is 0 Å². The first kappa shape index (κ1) is 19.2. The molecule has 2 aromatic rings. The van der Waals surface area contributed by atoms with Gasteiger partial charge >= 0.3 is 0 Å². The number of fused-ring (bicyclic) bond motifs is 1. The number of carbonyl (C=O) groups excluding carboxylic acids is 2. The number of nitrogens with one attached hydrogen (secondary N) is 2. The summed E-state index contributed by atoms with van der Waals surface area (Å²) >= 11 is 5.85. The van der Waals surface area contributed by atoms with Crippen molar-refractivity contribution in [3.63, 3.8) is 0 Å². The zero-order valence-corrected chi connectivity index (χ0v) is 16.3. The third kappa shape index (κ3) is 4.22. The number of hydrogen-bond donors (Lipinski definition) is 2. The van der Waals surface area contributed by atoms with Crippen molar-refractivity contribution in [2.75, 3.05) is 0 Å². The van der Waals surface area contributed by atoms with Crippen molar-refractivity contribution in [1.82, 2.24) is 10.7 Å². The molecule has 1 aromatic carbocycles. The van der Waals surface area contributed by atoms with Gasteiger partial charge in [-0.1, -0.05) is 11.6 Å². The number of benzene rings is 1. The van der Waals surface area contributed by atoms with Crippen molar-refractivity contribution >= 4 is 29.1 Å². The van der Waals surface area contributed by atoms with Crippen molar-refractivity contribution in [2.24, 2.45) is 5.10 Å². The molecule has 142 valence electrons. The molecule has 0 saturated heterocycles. The summed E-state index contributed by atoms with van der Waals surface area (Å²) in [6.45, 7) is 5.64. The fraction of sp³-hybridized carbons (Fsp3) is 0.350. The van der Waals surface area contributed by atoms with Gasteiger partial charge in [0, 0.05) is 34.2 Å². The summed E-state index contributed by atoms with van der Waals surface area (Å²) in [5.74, 6) is 0.506. The van der Waals surface area contributed by atoms with Gasteiger partial charge in [0.1, 0.15) is 5.76 Å². The molecule has 6 nitrogen and oxygen atoms in total. The molecule has 0 atom stereocenters. The number of furan rings is 1. The molecule has 1 heterocycles. The average molecular weight is 388 g/mol. The number of nitrogens with zero attached hydrogens (tertiary/aromatic N) is 1. The third-order valence-electron chi connectivity index (χ3n) is 4.35. The van der Waals surface area contributed by atoms with E-state index in [0.717, 1.165) is 35.4 Å². The largest absolute Gasteiger partial charge is 0.455 e. The van der Waals surface area contributed by atoms with Crippen LogP contribution in [0.2, 0.25) is 5.02 Å². The predicted molar refractivity (Wildman–Crippen MR) is 104 cm³/mol. The molecular weight excluding hydrogens is 366 g/mol. The van der Waals surface area contributed by atoms with E-state index in [4.69, 9.17) is 16.0 Å². The van der Waals surface area contributed by atoms with Crippen LogP contribution in [0.1, 0.15) is 64.5 Å². The molecule has 0 aliphatic heterocycles. The maximum atomic E-state index is 12.4. The van der Waals surface area contributed by atoms with Crippen LogP contribution < -0.4 is 10.7 Å². The van der Waals surface area contributed by atoms with Crippen LogP contribution >= 0.6 is 11.6 Å². The first-order valence-electron chi connectivity index (χ1n) is 8.92. The summed E-state index contributed by atoms with van der Waals surface area (Å²) in [7, 11) is 0. The van der Waals surface area contributed by atoms with E-state index in [1.54, 1.807) is 24.3 Å². The fourth-order valence-corrected chi connectivity index (χ4v) is 3.23. The number of hydrazone groups is 1. The Morgan fingerprint density at radius 1 is 1.15 bits per heavy atom. The highest BCUT2D eigenvalue weighted by Crippen LogP contribution is 2.29. The highest BCUT2D eigenvalue weighted by molar-refractivity contribution is 6.30. The van der Waals surface area contributed by atoms with Crippen molar-refractivity contribution in [3.8, 4) is 0 Å². The minimum Gasteiger partial charge on any atom is -0.455 e. The average Bonchev–Trinajstić information content (AvgIpc) is 2.97. The number of halogens is 1. The quantitative estimate of drug-likeness (QED) is 0.781. The lowest BCUT2D eigenvalue weighted by molar-refractivity contribution is 0.0911. The molecule has 2 amide bonds. The van der Waals surface area contributed by atoms with Crippen molar-refractivity contribution in [1.29, 1.82) is 0 Å². The number of hydrogen-bond acceptors (Lipinski definition) is 4. The molecule has 0 spiro atoms. The molecule has 0 bridgehead atoms. The number of carbonyl (C=O) groups is 2. The Bertz CT molecular complexity index is 898. The summed E-state index contributed by atoms with van der Waals surface area (Å²) < 4.78 is 5.81. The summed E-state index contributed by atoms with van der Waals surface area (Å²) in [6, 6.07) is 6.61. The molecule has 1 aliphatic rings. The molecule has 3 rings (SSSR count). The Kier molecular flexibility index (Phi) is 5.65. The van der Waals surface area contributed by atoms with Crippen molar-refractivity contribution < 1.29 is 14.0 Å². The van der Waals surface area contributed by atoms with Crippen LogP contribution in [-0.4, -0.2) is 23.6 Å². The molecule has 27 heavy (non-hydrogen) atoms. The molecule has 1 aliphatic carbocycles.